The summed E-state index contributed by atoms with van der Waals surface area (Å²) in [7, 11) is 1.80. The summed E-state index contributed by atoms with van der Waals surface area (Å²) < 4.78 is 7.61. The van der Waals surface area contributed by atoms with Crippen LogP contribution >= 0.6 is 12.2 Å². The average Bonchev–Trinajstić information content (AvgIpc) is 2.66. The molecule has 2 heterocycles. The first-order valence-corrected chi connectivity index (χ1v) is 6.82. The molecule has 6 heteroatoms. The van der Waals surface area contributed by atoms with Crippen molar-refractivity contribution in [1.82, 2.24) is 14.8 Å². The first-order valence-electron chi connectivity index (χ1n) is 6.41. The number of nitrogens with two attached hydrogens (primary N) is 1. The van der Waals surface area contributed by atoms with E-state index in [0.29, 0.717) is 17.2 Å². The van der Waals surface area contributed by atoms with E-state index in [9.17, 15) is 0 Å². The van der Waals surface area contributed by atoms with Crippen LogP contribution in [0.4, 0.5) is 0 Å². The fraction of sp³-hybridized carbons (Fsp3) is 0.357. The van der Waals surface area contributed by atoms with Crippen LogP contribution in [0.2, 0.25) is 0 Å². The molecule has 20 heavy (non-hydrogen) atoms. The third-order valence-electron chi connectivity index (χ3n) is 3.03. The molecule has 0 radical (unpaired) electrons. The highest BCUT2D eigenvalue weighted by molar-refractivity contribution is 7.80. The van der Waals surface area contributed by atoms with E-state index in [1.54, 1.807) is 11.7 Å². The van der Waals surface area contributed by atoms with E-state index in [2.05, 4.69) is 10.1 Å². The van der Waals surface area contributed by atoms with Gasteiger partial charge in [0.1, 0.15) is 4.99 Å². The second-order valence-corrected chi connectivity index (χ2v) is 5.05. The van der Waals surface area contributed by atoms with Crippen molar-refractivity contribution < 1.29 is 4.74 Å². The molecule has 2 aromatic heterocycles. The predicted molar refractivity (Wildman–Crippen MR) is 82.3 cm³/mol. The maximum absolute atomic E-state index is 5.97. The number of hydrogen-bond acceptors (Lipinski definition) is 4. The Morgan fingerprint density at radius 3 is 2.70 bits per heavy atom. The molecule has 2 rings (SSSR count). The van der Waals surface area contributed by atoms with E-state index >= 15 is 0 Å². The molecule has 0 atom stereocenters. The zero-order valence-corrected chi connectivity index (χ0v) is 12.9. The summed E-state index contributed by atoms with van der Waals surface area (Å²) in [5, 5.41) is 4.31. The molecule has 0 unspecified atom stereocenters. The first-order chi connectivity index (χ1) is 9.43. The van der Waals surface area contributed by atoms with E-state index in [1.165, 1.54) is 0 Å². The molecule has 5 nitrogen and oxygen atoms in total. The van der Waals surface area contributed by atoms with Gasteiger partial charge in [0.05, 0.1) is 17.0 Å². The van der Waals surface area contributed by atoms with E-state index in [-0.39, 0.29) is 4.99 Å². The average molecular weight is 290 g/mol. The molecule has 0 aliphatic heterocycles. The zero-order valence-electron chi connectivity index (χ0n) is 12.1. The van der Waals surface area contributed by atoms with Gasteiger partial charge in [-0.2, -0.15) is 5.10 Å². The van der Waals surface area contributed by atoms with Crippen molar-refractivity contribution in [3.63, 3.8) is 0 Å². The molecule has 2 N–H and O–H groups in total. The van der Waals surface area contributed by atoms with Crippen LogP contribution in [0.5, 0.6) is 11.6 Å². The fourth-order valence-electron chi connectivity index (χ4n) is 2.09. The monoisotopic (exact) mass is 290 g/mol. The molecule has 0 bridgehead atoms. The lowest BCUT2D eigenvalue weighted by molar-refractivity contribution is 0.423. The molecular weight excluding hydrogens is 272 g/mol. The molecule has 106 valence electrons. The quantitative estimate of drug-likeness (QED) is 0.876. The highest BCUT2D eigenvalue weighted by Crippen LogP contribution is 2.29. The van der Waals surface area contributed by atoms with Gasteiger partial charge in [-0.25, -0.2) is 4.68 Å². The van der Waals surface area contributed by atoms with Crippen molar-refractivity contribution in [2.24, 2.45) is 12.8 Å². The van der Waals surface area contributed by atoms with Crippen molar-refractivity contribution >= 4 is 17.2 Å². The van der Waals surface area contributed by atoms with Crippen LogP contribution in [-0.2, 0) is 13.5 Å². The SMILES string of the molecule is CCc1nc(C)ccc1Oc1c(C(N)=S)c(C)nn1C. The molecule has 2 aromatic rings. The lowest BCUT2D eigenvalue weighted by atomic mass is 10.2. The second-order valence-electron chi connectivity index (χ2n) is 4.61. The Bertz CT molecular complexity index is 663. The topological polar surface area (TPSA) is 66.0 Å². The van der Waals surface area contributed by atoms with Crippen molar-refractivity contribution in [3.05, 3.63) is 34.8 Å². The third-order valence-corrected chi connectivity index (χ3v) is 3.23. The Labute approximate surface area is 123 Å². The van der Waals surface area contributed by atoms with Crippen LogP contribution in [-0.4, -0.2) is 19.8 Å². The molecule has 0 aliphatic rings. The van der Waals surface area contributed by atoms with Gasteiger partial charge in [0.15, 0.2) is 5.75 Å². The van der Waals surface area contributed by atoms with Gasteiger partial charge < -0.3 is 10.5 Å². The van der Waals surface area contributed by atoms with Gasteiger partial charge >= 0.3 is 0 Å². The van der Waals surface area contributed by atoms with E-state index in [4.69, 9.17) is 22.7 Å². The van der Waals surface area contributed by atoms with Crippen LogP contribution in [0.25, 0.3) is 0 Å². The van der Waals surface area contributed by atoms with Gasteiger partial charge in [-0.15, -0.1) is 0 Å². The Kier molecular flexibility index (Phi) is 4.04. The van der Waals surface area contributed by atoms with Crippen molar-refractivity contribution in [1.29, 1.82) is 0 Å². The van der Waals surface area contributed by atoms with Crippen LogP contribution in [0.1, 0.15) is 29.6 Å². The standard InChI is InChI=1S/C14H18N4OS/c1-5-10-11(7-6-8(2)16-10)19-14-12(13(15)20)9(3)17-18(14)4/h6-7H,5H2,1-4H3,(H2,15,20). The first kappa shape index (κ1) is 14.5. The summed E-state index contributed by atoms with van der Waals surface area (Å²) in [6.07, 6.45) is 0.788. The number of nitrogens with zero attached hydrogens (tertiary/aromatic N) is 3. The van der Waals surface area contributed by atoms with Crippen LogP contribution in [0.3, 0.4) is 0 Å². The Morgan fingerprint density at radius 2 is 2.10 bits per heavy atom. The van der Waals surface area contributed by atoms with Crippen molar-refractivity contribution in [2.45, 2.75) is 27.2 Å². The lowest BCUT2D eigenvalue weighted by Gasteiger charge is -2.11. The molecule has 0 saturated carbocycles. The molecule has 0 aliphatic carbocycles. The number of ether oxygens (including phenoxy) is 1. The van der Waals surface area contributed by atoms with Crippen LogP contribution < -0.4 is 10.5 Å². The number of thiocarbonyl (C=S) groups is 1. The largest absolute Gasteiger partial charge is 0.437 e. The second kappa shape index (κ2) is 5.58. The summed E-state index contributed by atoms with van der Waals surface area (Å²) in [4.78, 5) is 4.76. The molecular formula is C14H18N4OS. The summed E-state index contributed by atoms with van der Waals surface area (Å²) in [5.41, 5.74) is 9.05. The fourth-order valence-corrected chi connectivity index (χ4v) is 2.32. The molecule has 0 saturated heterocycles. The number of rotatable bonds is 4. The van der Waals surface area contributed by atoms with Crippen molar-refractivity contribution in [2.75, 3.05) is 0 Å². The minimum atomic E-state index is 0.281. The molecule has 0 amide bonds. The summed E-state index contributed by atoms with van der Waals surface area (Å²) in [6, 6.07) is 3.82. The summed E-state index contributed by atoms with van der Waals surface area (Å²) in [6.45, 7) is 5.85. The van der Waals surface area contributed by atoms with Gasteiger partial charge in [0.2, 0.25) is 5.88 Å². The number of pyridine rings is 1. The summed E-state index contributed by atoms with van der Waals surface area (Å²) >= 11 is 5.08. The highest BCUT2D eigenvalue weighted by atomic mass is 32.1. The highest BCUT2D eigenvalue weighted by Gasteiger charge is 2.19. The van der Waals surface area contributed by atoms with Gasteiger partial charge in [0, 0.05) is 12.7 Å². The number of aromatic nitrogens is 3. The zero-order chi connectivity index (χ0) is 14.9. The lowest BCUT2D eigenvalue weighted by Crippen LogP contribution is -2.12. The Hall–Kier alpha value is -1.95. The van der Waals surface area contributed by atoms with E-state index < -0.39 is 0 Å². The molecule has 0 spiro atoms. The number of aryl methyl sites for hydroxylation is 4. The summed E-state index contributed by atoms with van der Waals surface area (Å²) in [5.74, 6) is 1.26. The maximum Gasteiger partial charge on any atom is 0.228 e. The molecule has 0 fully saturated rings. The van der Waals surface area contributed by atoms with Crippen LogP contribution in [0.15, 0.2) is 12.1 Å². The predicted octanol–water partition coefficient (Wildman–Crippen LogP) is 2.42. The maximum atomic E-state index is 5.97. The van der Waals surface area contributed by atoms with Gasteiger partial charge in [0.25, 0.3) is 0 Å². The third kappa shape index (κ3) is 2.65. The van der Waals surface area contributed by atoms with E-state index in [0.717, 1.165) is 23.5 Å². The van der Waals surface area contributed by atoms with Crippen molar-refractivity contribution in [3.8, 4) is 11.6 Å². The van der Waals surface area contributed by atoms with Gasteiger partial charge in [-0.3, -0.25) is 4.98 Å². The minimum absolute atomic E-state index is 0.281. The van der Waals surface area contributed by atoms with E-state index in [1.807, 2.05) is 32.9 Å². The normalized spacial score (nSPS) is 10.6. The van der Waals surface area contributed by atoms with Crippen LogP contribution in [0, 0.1) is 13.8 Å². The molecule has 0 aromatic carbocycles. The Morgan fingerprint density at radius 1 is 1.40 bits per heavy atom. The minimum Gasteiger partial charge on any atom is -0.437 e. The number of hydrogen-bond donors (Lipinski definition) is 1. The van der Waals surface area contributed by atoms with Gasteiger partial charge in [-0.1, -0.05) is 19.1 Å². The Balaban J connectivity index is 2.47. The van der Waals surface area contributed by atoms with Gasteiger partial charge in [-0.05, 0) is 32.4 Å². The smallest absolute Gasteiger partial charge is 0.228 e.